The highest BCUT2D eigenvalue weighted by Gasteiger charge is 2.30. The molecule has 5 nitrogen and oxygen atoms in total. The number of aromatic nitrogens is 1. The summed E-state index contributed by atoms with van der Waals surface area (Å²) in [5.74, 6) is -0.0141. The van der Waals surface area contributed by atoms with Crippen molar-refractivity contribution in [3.05, 3.63) is 75.3 Å². The number of carbonyl (C=O) groups is 1. The van der Waals surface area contributed by atoms with Crippen LogP contribution < -0.4 is 15.5 Å². The fraction of sp³-hybridized carbons (Fsp3) is 0.250. The molecule has 0 aliphatic carbocycles. The highest BCUT2D eigenvalue weighted by molar-refractivity contribution is 7.14. The van der Waals surface area contributed by atoms with E-state index in [4.69, 9.17) is 18.0 Å². The van der Waals surface area contributed by atoms with Crippen LogP contribution in [0, 0.1) is 24.0 Å². The Bertz CT molecular complexity index is 1190. The summed E-state index contributed by atoms with van der Waals surface area (Å²) in [6.07, 6.45) is 5.81. The molecule has 33 heavy (non-hydrogen) atoms. The number of nitrogens with zero attached hydrogens (tertiary/aromatic N) is 2. The van der Waals surface area contributed by atoms with Crippen molar-refractivity contribution < 1.29 is 13.6 Å². The van der Waals surface area contributed by atoms with E-state index in [1.807, 2.05) is 24.0 Å². The number of benzene rings is 2. The number of rotatable bonds is 5. The van der Waals surface area contributed by atoms with Crippen LogP contribution in [-0.2, 0) is 5.41 Å². The number of thiazole rings is 1. The Morgan fingerprint density at radius 2 is 1.88 bits per heavy atom. The Labute approximate surface area is 199 Å². The standard InChI is InChI=1S/C24H21ClF2N4OS/c1-3-24(2,15-4-6-16(25)7-5-15)20-14-33-23(29-20)30-22(32)21-18(26)12-17(13-19(21)27)31-10-8-28-9-11-31/h1,4-7,12-14,28H,8-11H2,2H3,(H,29,30,32)/t24-/m0/s1. The average molecular weight is 487 g/mol. The molecular formula is C24H21ClF2N4OS. The quantitative estimate of drug-likeness (QED) is 0.514. The average Bonchev–Trinajstić information content (AvgIpc) is 3.28. The second-order valence-electron chi connectivity index (χ2n) is 7.79. The first kappa shape index (κ1) is 23.2. The molecule has 1 aromatic heterocycles. The summed E-state index contributed by atoms with van der Waals surface area (Å²) in [7, 11) is 0. The van der Waals surface area contributed by atoms with Crippen LogP contribution in [0.2, 0.25) is 5.02 Å². The molecule has 0 saturated carbocycles. The van der Waals surface area contributed by atoms with E-state index < -0.39 is 28.5 Å². The summed E-state index contributed by atoms with van der Waals surface area (Å²) in [6.45, 7) is 4.54. The van der Waals surface area contributed by atoms with E-state index in [9.17, 15) is 13.6 Å². The van der Waals surface area contributed by atoms with Gasteiger partial charge in [0, 0.05) is 42.3 Å². The summed E-state index contributed by atoms with van der Waals surface area (Å²) < 4.78 is 29.4. The van der Waals surface area contributed by atoms with Crippen molar-refractivity contribution in [2.75, 3.05) is 36.4 Å². The minimum atomic E-state index is -0.924. The zero-order chi connectivity index (χ0) is 23.6. The Kier molecular flexibility index (Phi) is 6.66. The number of amides is 1. The maximum absolute atomic E-state index is 14.7. The normalized spacial score (nSPS) is 15.5. The van der Waals surface area contributed by atoms with E-state index in [0.29, 0.717) is 29.5 Å². The predicted octanol–water partition coefficient (Wildman–Crippen LogP) is 4.68. The lowest BCUT2D eigenvalue weighted by Crippen LogP contribution is -2.43. The summed E-state index contributed by atoms with van der Waals surface area (Å²) >= 11 is 7.10. The van der Waals surface area contributed by atoms with E-state index in [-0.39, 0.29) is 5.13 Å². The Hall–Kier alpha value is -2.99. The van der Waals surface area contributed by atoms with Crippen molar-refractivity contribution in [3.8, 4) is 12.3 Å². The molecule has 1 aliphatic heterocycles. The number of hydrogen-bond acceptors (Lipinski definition) is 5. The second-order valence-corrected chi connectivity index (χ2v) is 9.08. The second kappa shape index (κ2) is 9.48. The number of terminal acetylenes is 1. The topological polar surface area (TPSA) is 57.3 Å². The van der Waals surface area contributed by atoms with Gasteiger partial charge in [0.1, 0.15) is 17.2 Å². The van der Waals surface area contributed by atoms with E-state index >= 15 is 0 Å². The van der Waals surface area contributed by atoms with Gasteiger partial charge >= 0.3 is 0 Å². The van der Waals surface area contributed by atoms with Crippen molar-refractivity contribution in [1.29, 1.82) is 0 Å². The van der Waals surface area contributed by atoms with Crippen molar-refractivity contribution >= 4 is 39.7 Å². The van der Waals surface area contributed by atoms with Gasteiger partial charge in [-0.1, -0.05) is 29.7 Å². The van der Waals surface area contributed by atoms with E-state index in [2.05, 4.69) is 21.5 Å². The van der Waals surface area contributed by atoms with Crippen molar-refractivity contribution in [2.45, 2.75) is 12.3 Å². The fourth-order valence-corrected chi connectivity index (χ4v) is 4.63. The van der Waals surface area contributed by atoms with Gasteiger partial charge in [-0.2, -0.15) is 0 Å². The molecule has 9 heteroatoms. The van der Waals surface area contributed by atoms with Crippen molar-refractivity contribution in [1.82, 2.24) is 10.3 Å². The zero-order valence-electron chi connectivity index (χ0n) is 17.8. The van der Waals surface area contributed by atoms with Crippen molar-refractivity contribution in [3.63, 3.8) is 0 Å². The molecule has 0 spiro atoms. The lowest BCUT2D eigenvalue weighted by molar-refractivity contribution is 0.101. The molecule has 2 N–H and O–H groups in total. The summed E-state index contributed by atoms with van der Waals surface area (Å²) in [5, 5.41) is 8.16. The predicted molar refractivity (Wildman–Crippen MR) is 128 cm³/mol. The molecule has 1 saturated heterocycles. The molecule has 2 aromatic carbocycles. The Morgan fingerprint density at radius 1 is 1.24 bits per heavy atom. The Morgan fingerprint density at radius 3 is 2.48 bits per heavy atom. The van der Waals surface area contributed by atoms with Crippen LogP contribution in [0.25, 0.3) is 0 Å². The van der Waals surface area contributed by atoms with Gasteiger partial charge in [0.05, 0.1) is 11.1 Å². The molecule has 1 fully saturated rings. The molecule has 0 unspecified atom stereocenters. The molecule has 170 valence electrons. The van der Waals surface area contributed by atoms with Gasteiger partial charge in [-0.15, -0.1) is 17.8 Å². The molecule has 1 aliphatic rings. The molecule has 2 heterocycles. The summed E-state index contributed by atoms with van der Waals surface area (Å²) in [6, 6.07) is 9.46. The minimum Gasteiger partial charge on any atom is -0.369 e. The number of anilines is 2. The molecule has 1 atom stereocenters. The fourth-order valence-electron chi connectivity index (χ4n) is 3.69. The first-order chi connectivity index (χ1) is 15.8. The van der Waals surface area contributed by atoms with E-state index in [1.165, 1.54) is 12.1 Å². The maximum Gasteiger partial charge on any atom is 0.263 e. The first-order valence-electron chi connectivity index (χ1n) is 10.3. The van der Waals surface area contributed by atoms with Crippen LogP contribution >= 0.6 is 22.9 Å². The SMILES string of the molecule is C#C[C@@](C)(c1ccc(Cl)cc1)c1csc(NC(=O)c2c(F)cc(N3CCNCC3)cc2F)n1. The largest absolute Gasteiger partial charge is 0.369 e. The van der Waals surface area contributed by atoms with Gasteiger partial charge in [0.15, 0.2) is 5.13 Å². The molecule has 0 radical (unpaired) electrons. The number of carbonyl (C=O) groups excluding carboxylic acids is 1. The summed E-state index contributed by atoms with van der Waals surface area (Å²) in [4.78, 5) is 19.0. The third-order valence-corrected chi connectivity index (χ3v) is 6.69. The number of piperazine rings is 1. The van der Waals surface area contributed by atoms with Gasteiger partial charge in [-0.05, 0) is 36.8 Å². The van der Waals surface area contributed by atoms with Gasteiger partial charge in [0.2, 0.25) is 0 Å². The van der Waals surface area contributed by atoms with Gasteiger partial charge in [-0.25, -0.2) is 13.8 Å². The molecule has 3 aromatic rings. The van der Waals surface area contributed by atoms with Crippen LogP contribution in [0.4, 0.5) is 19.6 Å². The monoisotopic (exact) mass is 486 g/mol. The van der Waals surface area contributed by atoms with Crippen molar-refractivity contribution in [2.24, 2.45) is 0 Å². The minimum absolute atomic E-state index is 0.190. The third-order valence-electron chi connectivity index (χ3n) is 5.68. The number of nitrogens with one attached hydrogen (secondary N) is 2. The van der Waals surface area contributed by atoms with Crippen LogP contribution in [0.15, 0.2) is 41.8 Å². The van der Waals surface area contributed by atoms with Crippen LogP contribution in [0.3, 0.4) is 0 Å². The van der Waals surface area contributed by atoms with Gasteiger partial charge in [-0.3, -0.25) is 10.1 Å². The third kappa shape index (κ3) is 4.71. The lowest BCUT2D eigenvalue weighted by atomic mass is 9.81. The van der Waals surface area contributed by atoms with Gasteiger partial charge < -0.3 is 10.2 Å². The van der Waals surface area contributed by atoms with Gasteiger partial charge in [0.25, 0.3) is 5.91 Å². The smallest absolute Gasteiger partial charge is 0.263 e. The first-order valence-corrected chi connectivity index (χ1v) is 11.5. The van der Waals surface area contributed by atoms with Crippen LogP contribution in [-0.4, -0.2) is 37.1 Å². The molecular weight excluding hydrogens is 466 g/mol. The maximum atomic E-state index is 14.7. The lowest BCUT2D eigenvalue weighted by Gasteiger charge is -2.29. The molecule has 1 amide bonds. The summed E-state index contributed by atoms with van der Waals surface area (Å²) in [5.41, 5.74) is 0.224. The highest BCUT2D eigenvalue weighted by Crippen LogP contribution is 2.34. The van der Waals surface area contributed by atoms with E-state index in [0.717, 1.165) is 30.0 Å². The molecule has 0 bridgehead atoms. The van der Waals surface area contributed by atoms with E-state index in [1.54, 1.807) is 17.5 Å². The number of hydrogen-bond donors (Lipinski definition) is 2. The van der Waals surface area contributed by atoms with Crippen LogP contribution in [0.5, 0.6) is 0 Å². The van der Waals surface area contributed by atoms with Crippen LogP contribution in [0.1, 0.15) is 28.5 Å². The number of halogens is 3. The zero-order valence-corrected chi connectivity index (χ0v) is 19.4. The highest BCUT2D eigenvalue weighted by atomic mass is 35.5. The molecule has 4 rings (SSSR count). The Balaban J connectivity index is 1.55.